The Kier molecular flexibility index (Phi) is 7.08. The highest BCUT2D eigenvalue weighted by Gasteiger charge is 2.30. The number of amides is 2. The maximum atomic E-state index is 13.8. The Morgan fingerprint density at radius 3 is 2.68 bits per heavy atom. The number of alkyl carbamates (subject to hydrolysis) is 1. The molecule has 1 aliphatic carbocycles. The highest BCUT2D eigenvalue weighted by atomic mass is 79.9. The van der Waals surface area contributed by atoms with Gasteiger partial charge in [-0.1, -0.05) is 22.0 Å². The summed E-state index contributed by atoms with van der Waals surface area (Å²) in [6.07, 6.45) is 2.44. The number of hydrogen-bond donors (Lipinski definition) is 1. The third-order valence-corrected chi connectivity index (χ3v) is 8.35. The summed E-state index contributed by atoms with van der Waals surface area (Å²) in [6, 6.07) is 11.6. The van der Waals surface area contributed by atoms with Crippen molar-refractivity contribution in [2.24, 2.45) is 13.0 Å². The topological polar surface area (TPSA) is 81.4 Å². The van der Waals surface area contributed by atoms with Gasteiger partial charge in [0.25, 0.3) is 5.91 Å². The molecule has 2 aromatic carbocycles. The van der Waals surface area contributed by atoms with Gasteiger partial charge >= 0.3 is 6.09 Å². The lowest BCUT2D eigenvalue weighted by Gasteiger charge is -2.31. The number of carbonyl (C=O) groups is 2. The van der Waals surface area contributed by atoms with Gasteiger partial charge in [0.05, 0.1) is 22.8 Å². The van der Waals surface area contributed by atoms with E-state index in [-0.39, 0.29) is 12.5 Å². The van der Waals surface area contributed by atoms with E-state index in [0.717, 1.165) is 39.1 Å². The van der Waals surface area contributed by atoms with E-state index in [1.54, 1.807) is 25.7 Å². The third kappa shape index (κ3) is 5.58. The second-order valence-corrected chi connectivity index (χ2v) is 13.2. The predicted molar refractivity (Wildman–Crippen MR) is 161 cm³/mol. The molecule has 2 aromatic heterocycles. The average Bonchev–Trinajstić information content (AvgIpc) is 3.59. The number of nitrogens with zero attached hydrogens (tertiary/aromatic N) is 4. The van der Waals surface area contributed by atoms with E-state index in [0.29, 0.717) is 24.4 Å². The Bertz CT molecular complexity index is 1670. The fraction of sp³-hybridized carbons (Fsp3) is 0.452. The number of ether oxygens (including phenoxy) is 1. The fourth-order valence-electron chi connectivity index (χ4n) is 5.66. The quantitative estimate of drug-likeness (QED) is 0.265. The van der Waals surface area contributed by atoms with Crippen LogP contribution in [-0.2, 0) is 24.8 Å². The highest BCUT2D eigenvalue weighted by Crippen LogP contribution is 2.37. The molecule has 6 rings (SSSR count). The molecule has 2 amide bonds. The van der Waals surface area contributed by atoms with Crippen molar-refractivity contribution in [3.8, 4) is 11.5 Å². The summed E-state index contributed by atoms with van der Waals surface area (Å²) < 4.78 is 24.6. The second-order valence-electron chi connectivity index (χ2n) is 12.3. The number of benzene rings is 2. The lowest BCUT2D eigenvalue weighted by atomic mass is 9.97. The molecular formula is C31H35BrFN5O3. The van der Waals surface area contributed by atoms with Crippen LogP contribution in [0.3, 0.4) is 0 Å². The SMILES string of the molecule is Cn1c(-c2cc3ccc(Br)cc3n2CC2CC2)nc2cc3c(cc21)CCN(C[C@@H](CF)NC(=O)OC(C)(C)C)C3=O. The number of fused-ring (bicyclic) bond motifs is 3. The van der Waals surface area contributed by atoms with Crippen molar-refractivity contribution in [2.45, 2.75) is 58.2 Å². The first-order valence-electron chi connectivity index (χ1n) is 14.1. The van der Waals surface area contributed by atoms with Gasteiger partial charge in [-0.05, 0) is 81.8 Å². The molecule has 1 N–H and O–H groups in total. The summed E-state index contributed by atoms with van der Waals surface area (Å²) in [7, 11) is 2.03. The standard InChI is InChI=1S/C31H35BrFN5O3/c1-31(2,3)41-30(40)34-22(15-33)17-37-10-9-19-11-26-24(14-23(19)29(37)39)35-28(36(26)4)27-12-20-7-8-21(32)13-25(20)38(27)16-18-5-6-18/h7-8,11-14,18,22H,5-6,9-10,15-17H2,1-4H3,(H,34,40)/t22-/m1/s1. The maximum absolute atomic E-state index is 13.8. The van der Waals surface area contributed by atoms with Crippen molar-refractivity contribution in [1.82, 2.24) is 24.3 Å². The first kappa shape index (κ1) is 27.8. The molecule has 4 aromatic rings. The number of aryl methyl sites for hydroxylation is 1. The van der Waals surface area contributed by atoms with E-state index in [1.807, 2.05) is 13.1 Å². The maximum Gasteiger partial charge on any atom is 0.408 e. The minimum atomic E-state index is -0.853. The van der Waals surface area contributed by atoms with Crippen molar-refractivity contribution in [2.75, 3.05) is 19.8 Å². The van der Waals surface area contributed by atoms with Gasteiger partial charge < -0.3 is 24.1 Å². The van der Waals surface area contributed by atoms with Crippen LogP contribution in [0.25, 0.3) is 33.5 Å². The lowest BCUT2D eigenvalue weighted by molar-refractivity contribution is 0.0466. The normalized spacial score (nSPS) is 16.3. The molecule has 0 unspecified atom stereocenters. The van der Waals surface area contributed by atoms with E-state index >= 15 is 0 Å². The average molecular weight is 625 g/mol. The largest absolute Gasteiger partial charge is 0.444 e. The molecule has 1 aliphatic heterocycles. The number of imidazole rings is 1. The Balaban J connectivity index is 1.30. The fourth-order valence-corrected chi connectivity index (χ4v) is 6.01. The molecule has 0 bridgehead atoms. The molecule has 0 spiro atoms. The zero-order valence-corrected chi connectivity index (χ0v) is 25.4. The molecule has 10 heteroatoms. The van der Waals surface area contributed by atoms with Crippen LogP contribution in [0.15, 0.2) is 40.9 Å². The van der Waals surface area contributed by atoms with Gasteiger partial charge in [-0.25, -0.2) is 14.2 Å². The summed E-state index contributed by atoms with van der Waals surface area (Å²) >= 11 is 3.63. The molecular weight excluding hydrogens is 589 g/mol. The molecule has 3 heterocycles. The molecule has 1 saturated carbocycles. The minimum absolute atomic E-state index is 0.0658. The van der Waals surface area contributed by atoms with E-state index < -0.39 is 24.4 Å². The Morgan fingerprint density at radius 2 is 1.98 bits per heavy atom. The van der Waals surface area contributed by atoms with Gasteiger partial charge in [-0.2, -0.15) is 0 Å². The van der Waals surface area contributed by atoms with Crippen molar-refractivity contribution in [3.63, 3.8) is 0 Å². The summed E-state index contributed by atoms with van der Waals surface area (Å²) in [6.45, 7) is 5.90. The van der Waals surface area contributed by atoms with Crippen molar-refractivity contribution < 1.29 is 18.7 Å². The monoisotopic (exact) mass is 623 g/mol. The van der Waals surface area contributed by atoms with Gasteiger partial charge in [0.1, 0.15) is 12.3 Å². The van der Waals surface area contributed by atoms with E-state index in [2.05, 4.69) is 60.7 Å². The van der Waals surface area contributed by atoms with Crippen molar-refractivity contribution in [1.29, 1.82) is 0 Å². The predicted octanol–water partition coefficient (Wildman–Crippen LogP) is 6.23. The van der Waals surface area contributed by atoms with Crippen LogP contribution in [0, 0.1) is 5.92 Å². The van der Waals surface area contributed by atoms with Gasteiger partial charge in [0.15, 0.2) is 5.82 Å². The van der Waals surface area contributed by atoms with Gasteiger partial charge in [-0.15, -0.1) is 0 Å². The molecule has 8 nitrogen and oxygen atoms in total. The number of hydrogen-bond acceptors (Lipinski definition) is 4. The van der Waals surface area contributed by atoms with Gasteiger partial charge in [0.2, 0.25) is 0 Å². The number of aromatic nitrogens is 3. The number of rotatable bonds is 7. The van der Waals surface area contributed by atoms with E-state index in [1.165, 1.54) is 23.7 Å². The van der Waals surface area contributed by atoms with Crippen molar-refractivity contribution >= 4 is 49.9 Å². The van der Waals surface area contributed by atoms with Crippen LogP contribution in [0.4, 0.5) is 9.18 Å². The smallest absolute Gasteiger partial charge is 0.408 e. The van der Waals surface area contributed by atoms with Crippen LogP contribution in [0.5, 0.6) is 0 Å². The van der Waals surface area contributed by atoms with Gasteiger partial charge in [-0.3, -0.25) is 4.79 Å². The van der Waals surface area contributed by atoms with Crippen LogP contribution < -0.4 is 5.32 Å². The Morgan fingerprint density at radius 1 is 1.20 bits per heavy atom. The summed E-state index contributed by atoms with van der Waals surface area (Å²) in [5.74, 6) is 1.36. The van der Waals surface area contributed by atoms with Crippen LogP contribution in [0.2, 0.25) is 0 Å². The molecule has 216 valence electrons. The van der Waals surface area contributed by atoms with Crippen LogP contribution in [0.1, 0.15) is 49.5 Å². The van der Waals surface area contributed by atoms with E-state index in [4.69, 9.17) is 9.72 Å². The lowest BCUT2D eigenvalue weighted by Crippen LogP contribution is -2.50. The second kappa shape index (κ2) is 10.5. The van der Waals surface area contributed by atoms with Crippen LogP contribution >= 0.6 is 15.9 Å². The molecule has 0 saturated heterocycles. The van der Waals surface area contributed by atoms with Gasteiger partial charge in [0, 0.05) is 47.6 Å². The zero-order chi connectivity index (χ0) is 29.1. The van der Waals surface area contributed by atoms with Crippen molar-refractivity contribution in [3.05, 3.63) is 52.0 Å². The van der Waals surface area contributed by atoms with E-state index in [9.17, 15) is 14.0 Å². The first-order valence-corrected chi connectivity index (χ1v) is 14.9. The third-order valence-electron chi connectivity index (χ3n) is 7.86. The number of nitrogens with one attached hydrogen (secondary N) is 1. The number of alkyl halides is 1. The summed E-state index contributed by atoms with van der Waals surface area (Å²) in [5.41, 5.74) is 4.79. The molecule has 1 atom stereocenters. The van der Waals surface area contributed by atoms with Crippen LogP contribution in [-0.4, -0.2) is 62.4 Å². The highest BCUT2D eigenvalue weighted by molar-refractivity contribution is 9.10. The summed E-state index contributed by atoms with van der Waals surface area (Å²) in [4.78, 5) is 32.4. The number of halogens is 2. The summed E-state index contributed by atoms with van der Waals surface area (Å²) in [5, 5.41) is 3.73. The molecule has 1 fully saturated rings. The molecule has 41 heavy (non-hydrogen) atoms. The number of carbonyl (C=O) groups excluding carboxylic acids is 2. The Labute approximate surface area is 247 Å². The minimum Gasteiger partial charge on any atom is -0.444 e. The first-order chi connectivity index (χ1) is 19.5. The molecule has 2 aliphatic rings. The Hall–Kier alpha value is -3.40. The zero-order valence-electron chi connectivity index (χ0n) is 23.8. The molecule has 0 radical (unpaired) electrons.